The molecule has 0 saturated heterocycles. The molecule has 2 aromatic rings. The van der Waals surface area contributed by atoms with Crippen molar-refractivity contribution in [3.63, 3.8) is 0 Å². The monoisotopic (exact) mass is 246 g/mol. The number of nitrogens with zero attached hydrogens (tertiary/aromatic N) is 3. The van der Waals surface area contributed by atoms with Crippen molar-refractivity contribution in [2.75, 3.05) is 11.9 Å². The highest BCUT2D eigenvalue weighted by molar-refractivity contribution is 5.42. The molecule has 4 nitrogen and oxygen atoms in total. The van der Waals surface area contributed by atoms with Crippen molar-refractivity contribution in [1.82, 2.24) is 9.97 Å². The van der Waals surface area contributed by atoms with E-state index in [1.54, 1.807) is 36.6 Å². The number of halogens is 1. The molecule has 5 heteroatoms. The summed E-state index contributed by atoms with van der Waals surface area (Å²) in [6.07, 6.45) is 5.03. The fourth-order valence-electron chi connectivity index (χ4n) is 1.74. The van der Waals surface area contributed by atoms with Gasteiger partial charge in [-0.2, -0.15) is 0 Å². The molecule has 94 valence electrons. The third-order valence-electron chi connectivity index (χ3n) is 2.67. The van der Waals surface area contributed by atoms with Crippen LogP contribution < -0.4 is 10.6 Å². The summed E-state index contributed by atoms with van der Waals surface area (Å²) >= 11 is 0. The van der Waals surface area contributed by atoms with Gasteiger partial charge in [0.05, 0.1) is 0 Å². The molecule has 0 aliphatic heterocycles. The summed E-state index contributed by atoms with van der Waals surface area (Å²) in [6, 6.07) is 5.38. The van der Waals surface area contributed by atoms with E-state index in [4.69, 9.17) is 5.73 Å². The van der Waals surface area contributed by atoms with Crippen molar-refractivity contribution < 1.29 is 4.39 Å². The van der Waals surface area contributed by atoms with Crippen LogP contribution in [0.1, 0.15) is 11.1 Å². The van der Waals surface area contributed by atoms with Crippen LogP contribution in [0.3, 0.4) is 0 Å². The lowest BCUT2D eigenvalue weighted by Gasteiger charge is -2.19. The van der Waals surface area contributed by atoms with Crippen LogP contribution in [0.4, 0.5) is 10.2 Å². The number of rotatable bonds is 4. The Bertz CT molecular complexity index is 516. The number of hydrogen-bond acceptors (Lipinski definition) is 4. The molecule has 0 aliphatic carbocycles. The smallest absolute Gasteiger partial charge is 0.170 e. The van der Waals surface area contributed by atoms with Gasteiger partial charge in [0.2, 0.25) is 0 Å². The van der Waals surface area contributed by atoms with Gasteiger partial charge < -0.3 is 10.6 Å². The molecule has 2 aromatic heterocycles. The molecular weight excluding hydrogens is 231 g/mol. The molecule has 0 aromatic carbocycles. The van der Waals surface area contributed by atoms with Gasteiger partial charge in [-0.15, -0.1) is 0 Å². The topological polar surface area (TPSA) is 55.0 Å². The van der Waals surface area contributed by atoms with E-state index in [1.165, 1.54) is 0 Å². The molecule has 0 fully saturated rings. The molecule has 0 bridgehead atoms. The molecule has 2 N–H and O–H groups in total. The maximum absolute atomic E-state index is 14.0. The zero-order valence-corrected chi connectivity index (χ0v) is 10.2. The zero-order valence-electron chi connectivity index (χ0n) is 10.2. The van der Waals surface area contributed by atoms with Gasteiger partial charge in [-0.3, -0.25) is 4.98 Å². The van der Waals surface area contributed by atoms with Crippen LogP contribution in [0.2, 0.25) is 0 Å². The van der Waals surface area contributed by atoms with E-state index in [9.17, 15) is 4.39 Å². The lowest BCUT2D eigenvalue weighted by atomic mass is 10.2. The number of anilines is 1. The van der Waals surface area contributed by atoms with Gasteiger partial charge >= 0.3 is 0 Å². The average molecular weight is 246 g/mol. The zero-order chi connectivity index (χ0) is 13.0. The molecule has 0 radical (unpaired) electrons. The third-order valence-corrected chi connectivity index (χ3v) is 2.67. The van der Waals surface area contributed by atoms with Crippen molar-refractivity contribution in [3.8, 4) is 0 Å². The molecule has 2 heterocycles. The quantitative estimate of drug-likeness (QED) is 0.892. The highest BCUT2D eigenvalue weighted by Gasteiger charge is 2.12. The molecule has 0 spiro atoms. The lowest BCUT2D eigenvalue weighted by molar-refractivity contribution is 0.598. The van der Waals surface area contributed by atoms with Crippen molar-refractivity contribution >= 4 is 5.82 Å². The standard InChI is InChI=1S/C13H15FN4/c1-18(9-10-3-2-5-16-8-10)13-12(14)11(7-15)4-6-17-13/h2-6,8H,7,9,15H2,1H3. The van der Waals surface area contributed by atoms with Gasteiger partial charge in [-0.25, -0.2) is 9.37 Å². The SMILES string of the molecule is CN(Cc1cccnc1)c1nccc(CN)c1F. The first-order chi connectivity index (χ1) is 8.72. The third kappa shape index (κ3) is 2.62. The van der Waals surface area contributed by atoms with E-state index >= 15 is 0 Å². The Morgan fingerprint density at radius 3 is 2.83 bits per heavy atom. The Hall–Kier alpha value is -2.01. The van der Waals surface area contributed by atoms with Crippen LogP contribution >= 0.6 is 0 Å². The molecule has 0 atom stereocenters. The molecule has 0 aliphatic rings. The molecule has 0 unspecified atom stereocenters. The molecule has 0 saturated carbocycles. The first kappa shape index (κ1) is 12.4. The van der Waals surface area contributed by atoms with Gasteiger partial charge in [-0.1, -0.05) is 6.07 Å². The summed E-state index contributed by atoms with van der Waals surface area (Å²) in [5.41, 5.74) is 6.95. The minimum absolute atomic E-state index is 0.169. The number of hydrogen-bond donors (Lipinski definition) is 1. The highest BCUT2D eigenvalue weighted by Crippen LogP contribution is 2.19. The predicted molar refractivity (Wildman–Crippen MR) is 68.4 cm³/mol. The van der Waals surface area contributed by atoms with E-state index in [1.807, 2.05) is 12.1 Å². The fourth-order valence-corrected chi connectivity index (χ4v) is 1.74. The maximum atomic E-state index is 14.0. The summed E-state index contributed by atoms with van der Waals surface area (Å²) in [4.78, 5) is 9.83. The first-order valence-electron chi connectivity index (χ1n) is 5.66. The van der Waals surface area contributed by atoms with Crippen LogP contribution in [0, 0.1) is 5.82 Å². The molecule has 0 amide bonds. The van der Waals surface area contributed by atoms with Crippen LogP contribution in [0.15, 0.2) is 36.8 Å². The Labute approximate surface area is 105 Å². The van der Waals surface area contributed by atoms with Gasteiger partial charge in [0.15, 0.2) is 11.6 Å². The van der Waals surface area contributed by atoms with Gasteiger partial charge in [0.25, 0.3) is 0 Å². The van der Waals surface area contributed by atoms with E-state index < -0.39 is 0 Å². The minimum atomic E-state index is -0.355. The normalized spacial score (nSPS) is 10.4. The second kappa shape index (κ2) is 5.55. The van der Waals surface area contributed by atoms with Gasteiger partial charge in [0, 0.05) is 44.3 Å². The van der Waals surface area contributed by atoms with Crippen molar-refractivity contribution in [2.24, 2.45) is 5.73 Å². The Kier molecular flexibility index (Phi) is 3.84. The summed E-state index contributed by atoms with van der Waals surface area (Å²) in [5.74, 6) is -0.0480. The molecule has 18 heavy (non-hydrogen) atoms. The Morgan fingerprint density at radius 2 is 2.17 bits per heavy atom. The first-order valence-corrected chi connectivity index (χ1v) is 5.66. The fraction of sp³-hybridized carbons (Fsp3) is 0.231. The molecule has 2 rings (SSSR count). The largest absolute Gasteiger partial charge is 0.353 e. The van der Waals surface area contributed by atoms with Crippen molar-refractivity contribution in [3.05, 3.63) is 53.7 Å². The predicted octanol–water partition coefficient (Wildman–Crippen LogP) is 1.71. The Morgan fingerprint density at radius 1 is 1.33 bits per heavy atom. The highest BCUT2D eigenvalue weighted by atomic mass is 19.1. The second-order valence-corrected chi connectivity index (χ2v) is 4.03. The lowest BCUT2D eigenvalue weighted by Crippen LogP contribution is -2.20. The second-order valence-electron chi connectivity index (χ2n) is 4.03. The van der Waals surface area contributed by atoms with E-state index in [-0.39, 0.29) is 12.4 Å². The number of aromatic nitrogens is 2. The van der Waals surface area contributed by atoms with E-state index in [2.05, 4.69) is 9.97 Å². The molecular formula is C13H15FN4. The van der Waals surface area contributed by atoms with Crippen LogP contribution in [-0.2, 0) is 13.1 Å². The maximum Gasteiger partial charge on any atom is 0.170 e. The van der Waals surface area contributed by atoms with Crippen molar-refractivity contribution in [1.29, 1.82) is 0 Å². The summed E-state index contributed by atoms with van der Waals surface area (Å²) < 4.78 is 14.0. The van der Waals surface area contributed by atoms with Crippen molar-refractivity contribution in [2.45, 2.75) is 13.1 Å². The number of pyridine rings is 2. The Balaban J connectivity index is 2.21. The van der Waals surface area contributed by atoms with Crippen LogP contribution in [0.25, 0.3) is 0 Å². The summed E-state index contributed by atoms with van der Waals surface area (Å²) in [5, 5.41) is 0. The summed E-state index contributed by atoms with van der Waals surface area (Å²) in [7, 11) is 1.79. The van der Waals surface area contributed by atoms with Gasteiger partial charge in [0.1, 0.15) is 0 Å². The van der Waals surface area contributed by atoms with Gasteiger partial charge in [-0.05, 0) is 17.7 Å². The van der Waals surface area contributed by atoms with E-state index in [0.717, 1.165) is 5.56 Å². The number of nitrogens with two attached hydrogens (primary N) is 1. The van der Waals surface area contributed by atoms with E-state index in [0.29, 0.717) is 17.9 Å². The van der Waals surface area contributed by atoms with Crippen LogP contribution in [0.5, 0.6) is 0 Å². The summed E-state index contributed by atoms with van der Waals surface area (Å²) in [6.45, 7) is 0.716. The minimum Gasteiger partial charge on any atom is -0.353 e. The average Bonchev–Trinajstić information content (AvgIpc) is 2.40. The van der Waals surface area contributed by atoms with Crippen LogP contribution in [-0.4, -0.2) is 17.0 Å².